The first-order valence-electron chi connectivity index (χ1n) is 8.86. The van der Waals surface area contributed by atoms with Crippen LogP contribution in [-0.2, 0) is 12.7 Å². The molecule has 4 rings (SSSR count). The molecule has 3 aromatic rings. The summed E-state index contributed by atoms with van der Waals surface area (Å²) in [7, 11) is 0. The molecule has 28 heavy (non-hydrogen) atoms. The van der Waals surface area contributed by atoms with Crippen molar-refractivity contribution in [3.63, 3.8) is 0 Å². The summed E-state index contributed by atoms with van der Waals surface area (Å²) in [6.07, 6.45) is -0.848. The van der Waals surface area contributed by atoms with Gasteiger partial charge in [0.05, 0.1) is 6.54 Å². The van der Waals surface area contributed by atoms with E-state index in [0.29, 0.717) is 6.54 Å². The Morgan fingerprint density at radius 2 is 1.89 bits per heavy atom. The molecule has 0 aliphatic carbocycles. The van der Waals surface area contributed by atoms with Gasteiger partial charge in [-0.25, -0.2) is 0 Å². The molecule has 9 heteroatoms. The van der Waals surface area contributed by atoms with Gasteiger partial charge in [0, 0.05) is 36.6 Å². The third-order valence-corrected chi connectivity index (χ3v) is 4.66. The molecule has 6 nitrogen and oxygen atoms in total. The van der Waals surface area contributed by atoms with Crippen LogP contribution >= 0.6 is 0 Å². The van der Waals surface area contributed by atoms with E-state index in [2.05, 4.69) is 31.7 Å². The Morgan fingerprint density at radius 1 is 1.11 bits per heavy atom. The van der Waals surface area contributed by atoms with Gasteiger partial charge in [-0.1, -0.05) is 17.3 Å². The summed E-state index contributed by atoms with van der Waals surface area (Å²) in [5.74, 6) is -1.71. The van der Waals surface area contributed by atoms with Crippen molar-refractivity contribution in [3.8, 4) is 11.4 Å². The normalized spacial score (nSPS) is 14.6. The van der Waals surface area contributed by atoms with Crippen LogP contribution in [-0.4, -0.2) is 27.8 Å². The van der Waals surface area contributed by atoms with E-state index in [-0.39, 0.29) is 16.9 Å². The molecule has 2 aromatic heterocycles. The van der Waals surface area contributed by atoms with Crippen molar-refractivity contribution < 1.29 is 17.7 Å². The fourth-order valence-electron chi connectivity index (χ4n) is 3.26. The highest BCUT2D eigenvalue weighted by atomic mass is 19.4. The molecule has 0 spiro atoms. The first-order valence-corrected chi connectivity index (χ1v) is 8.86. The zero-order valence-corrected chi connectivity index (χ0v) is 14.8. The summed E-state index contributed by atoms with van der Waals surface area (Å²) in [6, 6.07) is 10.7. The highest BCUT2D eigenvalue weighted by Gasteiger charge is 2.38. The number of pyridine rings is 1. The van der Waals surface area contributed by atoms with Gasteiger partial charge in [-0.2, -0.15) is 18.2 Å². The smallest absolute Gasteiger partial charge is 0.372 e. The zero-order chi connectivity index (χ0) is 19.7. The van der Waals surface area contributed by atoms with Crippen molar-refractivity contribution in [2.24, 2.45) is 0 Å². The molecule has 1 aliphatic rings. The fourth-order valence-corrected chi connectivity index (χ4v) is 3.26. The molecule has 0 amide bonds. The largest absolute Gasteiger partial charge is 0.471 e. The molecule has 0 atom stereocenters. The minimum atomic E-state index is -4.72. The third kappa shape index (κ3) is 3.78. The van der Waals surface area contributed by atoms with Gasteiger partial charge in [0.25, 0.3) is 5.56 Å². The average molecular weight is 390 g/mol. The van der Waals surface area contributed by atoms with Crippen molar-refractivity contribution >= 4 is 5.69 Å². The second-order valence-electron chi connectivity index (χ2n) is 6.67. The van der Waals surface area contributed by atoms with Crippen molar-refractivity contribution in [3.05, 3.63) is 64.4 Å². The second kappa shape index (κ2) is 7.14. The van der Waals surface area contributed by atoms with Crippen molar-refractivity contribution in [1.29, 1.82) is 0 Å². The van der Waals surface area contributed by atoms with Crippen molar-refractivity contribution in [2.45, 2.75) is 25.6 Å². The Kier molecular flexibility index (Phi) is 4.66. The number of halogens is 3. The summed E-state index contributed by atoms with van der Waals surface area (Å²) in [4.78, 5) is 18.0. The Labute approximate surface area is 158 Å². The highest BCUT2D eigenvalue weighted by molar-refractivity contribution is 5.53. The third-order valence-electron chi connectivity index (χ3n) is 4.66. The van der Waals surface area contributed by atoms with Gasteiger partial charge in [0.1, 0.15) is 0 Å². The number of benzene rings is 1. The molecule has 1 fully saturated rings. The number of rotatable bonds is 4. The van der Waals surface area contributed by atoms with Crippen LogP contribution in [0.5, 0.6) is 0 Å². The number of hydrogen-bond donors (Lipinski definition) is 0. The number of aromatic nitrogens is 3. The van der Waals surface area contributed by atoms with Crippen LogP contribution in [0, 0.1) is 0 Å². The van der Waals surface area contributed by atoms with Crippen LogP contribution in [0.15, 0.2) is 51.9 Å². The number of anilines is 1. The minimum Gasteiger partial charge on any atom is -0.372 e. The molecule has 0 saturated carbocycles. The van der Waals surface area contributed by atoms with Crippen LogP contribution in [0.25, 0.3) is 11.4 Å². The predicted octanol–water partition coefficient (Wildman–Crippen LogP) is 3.57. The van der Waals surface area contributed by atoms with Gasteiger partial charge in [-0.15, -0.1) is 0 Å². The molecule has 0 bridgehead atoms. The van der Waals surface area contributed by atoms with Gasteiger partial charge in [-0.05, 0) is 36.6 Å². The van der Waals surface area contributed by atoms with E-state index in [4.69, 9.17) is 0 Å². The van der Waals surface area contributed by atoms with Crippen LogP contribution in [0.4, 0.5) is 18.9 Å². The quantitative estimate of drug-likeness (QED) is 0.682. The number of alkyl halides is 3. The number of hydrogen-bond acceptors (Lipinski definition) is 5. The van der Waals surface area contributed by atoms with Gasteiger partial charge < -0.3 is 14.0 Å². The first kappa shape index (κ1) is 18.3. The molecule has 1 saturated heterocycles. The van der Waals surface area contributed by atoms with E-state index >= 15 is 0 Å². The molecule has 0 N–H and O–H groups in total. The topological polar surface area (TPSA) is 64.2 Å². The Bertz CT molecular complexity index is 1040. The van der Waals surface area contributed by atoms with Crippen LogP contribution in [0.1, 0.15) is 24.3 Å². The van der Waals surface area contributed by atoms with Crippen LogP contribution in [0.2, 0.25) is 0 Å². The summed E-state index contributed by atoms with van der Waals surface area (Å²) in [5, 5.41) is 3.30. The molecular formula is C19H17F3N4O2. The van der Waals surface area contributed by atoms with E-state index in [9.17, 15) is 18.0 Å². The maximum absolute atomic E-state index is 12.6. The van der Waals surface area contributed by atoms with E-state index in [1.54, 1.807) is 0 Å². The predicted molar refractivity (Wildman–Crippen MR) is 96.0 cm³/mol. The fraction of sp³-hybridized carbons (Fsp3) is 0.316. The Balaban J connectivity index is 1.55. The molecule has 146 valence electrons. The monoisotopic (exact) mass is 390 g/mol. The standard InChI is InChI=1S/C19H17F3N4O2/c20-19(21,22)18-23-17(24-28-18)14-6-9-26(16(27)11-14)12-13-4-3-5-15(10-13)25-7-1-2-8-25/h3-6,9-11H,1-2,7-8,12H2. The number of nitrogens with zero attached hydrogens (tertiary/aromatic N) is 4. The van der Waals surface area contributed by atoms with E-state index in [1.807, 2.05) is 12.1 Å². The first-order chi connectivity index (χ1) is 13.4. The summed E-state index contributed by atoms with van der Waals surface area (Å²) >= 11 is 0. The van der Waals surface area contributed by atoms with Gasteiger partial charge >= 0.3 is 12.1 Å². The van der Waals surface area contributed by atoms with E-state index in [0.717, 1.165) is 24.3 Å². The lowest BCUT2D eigenvalue weighted by molar-refractivity contribution is -0.159. The lowest BCUT2D eigenvalue weighted by atomic mass is 10.1. The van der Waals surface area contributed by atoms with Crippen molar-refractivity contribution in [1.82, 2.24) is 14.7 Å². The van der Waals surface area contributed by atoms with Crippen molar-refractivity contribution in [2.75, 3.05) is 18.0 Å². The molecule has 3 heterocycles. The lowest BCUT2D eigenvalue weighted by Crippen LogP contribution is -2.20. The maximum Gasteiger partial charge on any atom is 0.471 e. The van der Waals surface area contributed by atoms with Crippen LogP contribution < -0.4 is 10.5 Å². The van der Waals surface area contributed by atoms with E-state index < -0.39 is 12.1 Å². The van der Waals surface area contributed by atoms with Gasteiger partial charge in [-0.3, -0.25) is 4.79 Å². The maximum atomic E-state index is 12.6. The van der Waals surface area contributed by atoms with E-state index in [1.165, 1.54) is 35.7 Å². The molecule has 1 aromatic carbocycles. The van der Waals surface area contributed by atoms with Crippen LogP contribution in [0.3, 0.4) is 0 Å². The summed E-state index contributed by atoms with van der Waals surface area (Å²) in [5.41, 5.74) is 1.91. The SMILES string of the molecule is O=c1cc(-c2noc(C(F)(F)F)n2)ccn1Cc1cccc(N2CCCC2)c1. The second-order valence-corrected chi connectivity index (χ2v) is 6.67. The summed E-state index contributed by atoms with van der Waals surface area (Å²) in [6.45, 7) is 2.42. The molecule has 0 unspecified atom stereocenters. The molecule has 1 aliphatic heterocycles. The highest BCUT2D eigenvalue weighted by Crippen LogP contribution is 2.29. The lowest BCUT2D eigenvalue weighted by Gasteiger charge is -2.18. The Morgan fingerprint density at radius 3 is 2.57 bits per heavy atom. The zero-order valence-electron chi connectivity index (χ0n) is 14.8. The molecule has 0 radical (unpaired) electrons. The average Bonchev–Trinajstić information content (AvgIpc) is 3.35. The van der Waals surface area contributed by atoms with Gasteiger partial charge in [0.2, 0.25) is 5.82 Å². The summed E-state index contributed by atoms with van der Waals surface area (Å²) < 4.78 is 43.4. The Hall–Kier alpha value is -3.10. The minimum absolute atomic E-state index is 0.173. The van der Waals surface area contributed by atoms with Gasteiger partial charge in [0.15, 0.2) is 0 Å². The molecular weight excluding hydrogens is 373 g/mol.